The van der Waals surface area contributed by atoms with Crippen LogP contribution in [-0.2, 0) is 0 Å². The molecule has 1 saturated heterocycles. The van der Waals surface area contributed by atoms with Crippen LogP contribution in [0.2, 0.25) is 0 Å². The van der Waals surface area contributed by atoms with Crippen molar-refractivity contribution < 1.29 is 23.7 Å². The highest BCUT2D eigenvalue weighted by Crippen LogP contribution is 2.50. The van der Waals surface area contributed by atoms with E-state index >= 15 is 0 Å². The fraction of sp³-hybridized carbons (Fsp3) is 0.423. The number of rotatable bonds is 7. The third-order valence-electron chi connectivity index (χ3n) is 6.67. The largest absolute Gasteiger partial charge is 0.493 e. The molecule has 2 aromatic carbocycles. The molecule has 0 aliphatic carbocycles. The van der Waals surface area contributed by atoms with Crippen LogP contribution in [0.4, 0.5) is 0 Å². The molecule has 0 amide bonds. The number of nitrogens with zero attached hydrogens (tertiary/aromatic N) is 2. The zero-order chi connectivity index (χ0) is 23.5. The summed E-state index contributed by atoms with van der Waals surface area (Å²) in [5, 5.41) is 10.3. The van der Waals surface area contributed by atoms with Crippen molar-refractivity contribution in [3.8, 4) is 34.8 Å². The summed E-state index contributed by atoms with van der Waals surface area (Å²) in [6.45, 7) is 0.895. The molecular formula is C26H30N2O5. The van der Waals surface area contributed by atoms with E-state index in [-0.39, 0.29) is 5.92 Å². The number of allylic oxidation sites excluding steroid dienone is 2. The maximum absolute atomic E-state index is 10.3. The van der Waals surface area contributed by atoms with Crippen molar-refractivity contribution >= 4 is 5.57 Å². The molecule has 0 spiro atoms. The molecule has 2 aliphatic rings. The van der Waals surface area contributed by atoms with Crippen molar-refractivity contribution in [3.63, 3.8) is 0 Å². The lowest BCUT2D eigenvalue weighted by molar-refractivity contribution is 0.292. The summed E-state index contributed by atoms with van der Waals surface area (Å²) >= 11 is 0. The Balaban J connectivity index is 1.94. The molecule has 0 aromatic heterocycles. The predicted molar refractivity (Wildman–Crippen MR) is 125 cm³/mol. The number of fused-ring (bicyclic) bond motifs is 1. The molecule has 2 atom stereocenters. The Labute approximate surface area is 195 Å². The van der Waals surface area contributed by atoms with Crippen LogP contribution in [0.25, 0.3) is 5.57 Å². The minimum Gasteiger partial charge on any atom is -0.493 e. The van der Waals surface area contributed by atoms with Gasteiger partial charge in [0.15, 0.2) is 23.0 Å². The van der Waals surface area contributed by atoms with Crippen molar-refractivity contribution in [1.82, 2.24) is 4.90 Å². The highest BCUT2D eigenvalue weighted by atomic mass is 16.5. The van der Waals surface area contributed by atoms with Crippen LogP contribution in [0.5, 0.6) is 28.7 Å². The third-order valence-corrected chi connectivity index (χ3v) is 6.67. The van der Waals surface area contributed by atoms with Gasteiger partial charge < -0.3 is 28.6 Å². The van der Waals surface area contributed by atoms with E-state index < -0.39 is 0 Å². The molecule has 174 valence electrons. The molecule has 4 rings (SSSR count). The van der Waals surface area contributed by atoms with Crippen LogP contribution in [0, 0.1) is 11.3 Å². The Kier molecular flexibility index (Phi) is 6.55. The molecular weight excluding hydrogens is 420 g/mol. The SMILES string of the molecule is COc1ccc(C2=C(C#N)N3CCC[C@H]3C[C@H]2c2cc(OC)c(OC)c(OC)c2)cc1OC. The van der Waals surface area contributed by atoms with Crippen LogP contribution >= 0.6 is 0 Å². The Bertz CT molecular complexity index is 1080. The first-order chi connectivity index (χ1) is 16.1. The van der Waals surface area contributed by atoms with E-state index in [1.807, 2.05) is 30.3 Å². The summed E-state index contributed by atoms with van der Waals surface area (Å²) in [7, 11) is 8.07. The van der Waals surface area contributed by atoms with Crippen molar-refractivity contribution in [1.29, 1.82) is 5.26 Å². The number of ether oxygens (including phenoxy) is 5. The summed E-state index contributed by atoms with van der Waals surface area (Å²) in [5.41, 5.74) is 3.66. The van der Waals surface area contributed by atoms with Crippen LogP contribution in [0.3, 0.4) is 0 Å². The van der Waals surface area contributed by atoms with Gasteiger partial charge in [-0.1, -0.05) is 6.07 Å². The Morgan fingerprint density at radius 2 is 1.52 bits per heavy atom. The minimum atomic E-state index is -0.0224. The summed E-state index contributed by atoms with van der Waals surface area (Å²) in [5.74, 6) is 3.02. The smallest absolute Gasteiger partial charge is 0.203 e. The molecule has 2 aliphatic heterocycles. The normalized spacial score (nSPS) is 19.6. The lowest BCUT2D eigenvalue weighted by atomic mass is 9.78. The van der Waals surface area contributed by atoms with Crippen LogP contribution in [0.1, 0.15) is 36.3 Å². The van der Waals surface area contributed by atoms with Crippen molar-refractivity contribution in [3.05, 3.63) is 47.2 Å². The van der Waals surface area contributed by atoms with Crippen molar-refractivity contribution in [2.75, 3.05) is 42.1 Å². The van der Waals surface area contributed by atoms with Gasteiger partial charge in [-0.15, -0.1) is 0 Å². The molecule has 0 unspecified atom stereocenters. The first-order valence-corrected chi connectivity index (χ1v) is 11.0. The van der Waals surface area contributed by atoms with E-state index in [0.717, 1.165) is 48.2 Å². The van der Waals surface area contributed by atoms with E-state index in [1.54, 1.807) is 35.5 Å². The first kappa shape index (κ1) is 22.7. The van der Waals surface area contributed by atoms with Crippen LogP contribution in [-0.4, -0.2) is 53.0 Å². The molecule has 1 fully saturated rings. The van der Waals surface area contributed by atoms with Gasteiger partial charge in [-0.25, -0.2) is 0 Å². The fourth-order valence-corrected chi connectivity index (χ4v) is 5.16. The van der Waals surface area contributed by atoms with E-state index in [1.165, 1.54) is 0 Å². The molecule has 2 heterocycles. The number of nitriles is 1. The zero-order valence-corrected chi connectivity index (χ0v) is 19.8. The topological polar surface area (TPSA) is 73.2 Å². The van der Waals surface area contributed by atoms with Gasteiger partial charge in [-0.05, 0) is 54.7 Å². The highest BCUT2D eigenvalue weighted by molar-refractivity contribution is 5.79. The third kappa shape index (κ3) is 3.91. The Morgan fingerprint density at radius 3 is 2.09 bits per heavy atom. The van der Waals surface area contributed by atoms with Gasteiger partial charge in [0.05, 0.1) is 35.5 Å². The van der Waals surface area contributed by atoms with Gasteiger partial charge >= 0.3 is 0 Å². The molecule has 7 nitrogen and oxygen atoms in total. The number of methoxy groups -OCH3 is 5. The van der Waals surface area contributed by atoms with E-state index in [9.17, 15) is 5.26 Å². The second-order valence-corrected chi connectivity index (χ2v) is 8.18. The lowest BCUT2D eigenvalue weighted by Gasteiger charge is -2.38. The summed E-state index contributed by atoms with van der Waals surface area (Å²) in [4.78, 5) is 2.26. The van der Waals surface area contributed by atoms with Crippen molar-refractivity contribution in [2.45, 2.75) is 31.2 Å². The van der Waals surface area contributed by atoms with E-state index in [2.05, 4.69) is 11.0 Å². The summed E-state index contributed by atoms with van der Waals surface area (Å²) in [6.07, 6.45) is 3.05. The molecule has 33 heavy (non-hydrogen) atoms. The average Bonchev–Trinajstić information content (AvgIpc) is 3.34. The predicted octanol–water partition coefficient (Wildman–Crippen LogP) is 4.62. The monoisotopic (exact) mass is 450 g/mol. The first-order valence-electron chi connectivity index (χ1n) is 11.0. The van der Waals surface area contributed by atoms with E-state index in [0.29, 0.717) is 34.8 Å². The van der Waals surface area contributed by atoms with Crippen molar-refractivity contribution in [2.24, 2.45) is 0 Å². The molecule has 7 heteroatoms. The standard InChI is InChI=1S/C26H30N2O5/c1-29-21-9-8-16(11-22(21)30-2)25-19(14-18-7-6-10-28(18)20(25)15-27)17-12-23(31-3)26(33-5)24(13-17)32-4/h8-9,11-13,18-19H,6-7,10,14H2,1-5H3/t18-,19-/m0/s1. The van der Waals surface area contributed by atoms with Gasteiger partial charge in [0.25, 0.3) is 0 Å². The molecule has 0 saturated carbocycles. The maximum atomic E-state index is 10.3. The molecule has 0 bridgehead atoms. The summed E-state index contributed by atoms with van der Waals surface area (Å²) < 4.78 is 27.8. The molecule has 0 N–H and O–H groups in total. The zero-order valence-electron chi connectivity index (χ0n) is 19.8. The summed E-state index contributed by atoms with van der Waals surface area (Å²) in [6, 6.07) is 12.7. The number of hydrogen-bond acceptors (Lipinski definition) is 7. The lowest BCUT2D eigenvalue weighted by Crippen LogP contribution is -2.35. The average molecular weight is 451 g/mol. The fourth-order valence-electron chi connectivity index (χ4n) is 5.16. The molecule has 0 radical (unpaired) electrons. The second kappa shape index (κ2) is 9.53. The van der Waals surface area contributed by atoms with Crippen LogP contribution < -0.4 is 23.7 Å². The second-order valence-electron chi connectivity index (χ2n) is 8.18. The van der Waals surface area contributed by atoms with Gasteiger partial charge in [-0.2, -0.15) is 5.26 Å². The highest BCUT2D eigenvalue weighted by Gasteiger charge is 2.39. The number of benzene rings is 2. The Morgan fingerprint density at radius 1 is 0.848 bits per heavy atom. The maximum Gasteiger partial charge on any atom is 0.203 e. The Hall–Kier alpha value is -3.53. The molecule has 2 aromatic rings. The van der Waals surface area contributed by atoms with Gasteiger partial charge in [0.1, 0.15) is 11.8 Å². The van der Waals surface area contributed by atoms with Crippen LogP contribution in [0.15, 0.2) is 36.0 Å². The number of hydrogen-bond donors (Lipinski definition) is 0. The van der Waals surface area contributed by atoms with Gasteiger partial charge in [-0.3, -0.25) is 0 Å². The van der Waals surface area contributed by atoms with E-state index in [4.69, 9.17) is 23.7 Å². The van der Waals surface area contributed by atoms with Gasteiger partial charge in [0, 0.05) is 24.1 Å². The quantitative estimate of drug-likeness (QED) is 0.610. The minimum absolute atomic E-state index is 0.0224. The van der Waals surface area contributed by atoms with Gasteiger partial charge in [0.2, 0.25) is 5.75 Å².